The lowest BCUT2D eigenvalue weighted by atomic mass is 10.0. The zero-order chi connectivity index (χ0) is 18.9. The van der Waals surface area contributed by atoms with E-state index in [9.17, 15) is 5.11 Å². The summed E-state index contributed by atoms with van der Waals surface area (Å²) in [4.78, 5) is 11.4. The van der Waals surface area contributed by atoms with Gasteiger partial charge < -0.3 is 20.4 Å². The smallest absolute Gasteiger partial charge is 0.115 e. The van der Waals surface area contributed by atoms with Crippen molar-refractivity contribution in [2.45, 2.75) is 44.2 Å². The molecule has 0 bridgehead atoms. The highest BCUT2D eigenvalue weighted by atomic mass is 32.2. The minimum atomic E-state index is 0.0200. The monoisotopic (exact) mass is 394 g/mol. The molecule has 1 aliphatic carbocycles. The summed E-state index contributed by atoms with van der Waals surface area (Å²) in [6.45, 7) is 0.117. The highest BCUT2D eigenvalue weighted by Crippen LogP contribution is 2.32. The average molecular weight is 395 g/mol. The van der Waals surface area contributed by atoms with E-state index in [1.54, 1.807) is 11.8 Å². The van der Waals surface area contributed by atoms with Crippen molar-refractivity contribution in [1.82, 2.24) is 9.97 Å². The van der Waals surface area contributed by atoms with Crippen molar-refractivity contribution in [1.29, 1.82) is 0 Å². The third-order valence-electron chi connectivity index (χ3n) is 5.73. The van der Waals surface area contributed by atoms with Crippen molar-refractivity contribution >= 4 is 33.4 Å². The molecule has 1 atom stereocenters. The predicted octanol–water partition coefficient (Wildman–Crippen LogP) is 4.30. The molecule has 6 heteroatoms. The topological polar surface area (TPSA) is 76.2 Å². The van der Waals surface area contributed by atoms with Crippen LogP contribution >= 0.6 is 11.8 Å². The maximum absolute atomic E-state index is 9.39. The first-order valence-electron chi connectivity index (χ1n) is 10.1. The second kappa shape index (κ2) is 7.68. The number of aliphatic hydroxyl groups is 1. The van der Waals surface area contributed by atoms with E-state index in [0.29, 0.717) is 6.04 Å². The second-order valence-electron chi connectivity index (χ2n) is 7.89. The predicted molar refractivity (Wildman–Crippen MR) is 118 cm³/mol. The Balaban J connectivity index is 1.53. The van der Waals surface area contributed by atoms with Crippen molar-refractivity contribution in [3.63, 3.8) is 0 Å². The molecule has 2 aliphatic rings. The molecule has 1 aliphatic heterocycles. The number of aliphatic hydroxyl groups excluding tert-OH is 1. The summed E-state index contributed by atoms with van der Waals surface area (Å²) in [5.74, 6) is 0.854. The summed E-state index contributed by atoms with van der Waals surface area (Å²) in [7, 11) is 0. The summed E-state index contributed by atoms with van der Waals surface area (Å²) in [5.41, 5.74) is 6.03. The molecule has 1 aromatic carbocycles. The van der Waals surface area contributed by atoms with Crippen molar-refractivity contribution in [3.8, 4) is 0 Å². The van der Waals surface area contributed by atoms with Crippen LogP contribution in [-0.2, 0) is 6.42 Å². The molecule has 0 unspecified atom stereocenters. The van der Waals surface area contributed by atoms with Crippen LogP contribution in [0.4, 0.5) is 5.69 Å². The normalized spacial score (nSPS) is 20.2. The molecule has 3 aromatic rings. The van der Waals surface area contributed by atoms with Crippen LogP contribution in [-0.4, -0.2) is 44.6 Å². The molecule has 4 N–H and O–H groups in total. The van der Waals surface area contributed by atoms with Crippen LogP contribution in [0.3, 0.4) is 0 Å². The molecule has 0 saturated heterocycles. The fourth-order valence-electron chi connectivity index (χ4n) is 4.29. The van der Waals surface area contributed by atoms with Gasteiger partial charge in [0.1, 0.15) is 5.04 Å². The molecule has 1 saturated carbocycles. The number of H-pyrrole nitrogens is 2. The second-order valence-corrected chi connectivity index (χ2v) is 8.90. The Morgan fingerprint density at radius 3 is 2.82 bits per heavy atom. The Bertz CT molecular complexity index is 986. The summed E-state index contributed by atoms with van der Waals surface area (Å²) < 4.78 is 0. The van der Waals surface area contributed by atoms with Gasteiger partial charge in [-0.3, -0.25) is 4.99 Å². The lowest BCUT2D eigenvalue weighted by molar-refractivity contribution is 0.277. The molecular weight excluding hydrogens is 368 g/mol. The quantitative estimate of drug-likeness (QED) is 0.504. The third-order valence-corrected chi connectivity index (χ3v) is 6.88. The first-order chi connectivity index (χ1) is 13.8. The first-order valence-corrected chi connectivity index (χ1v) is 11.1. The number of nitrogens with one attached hydrogen (secondary N) is 3. The molecule has 5 nitrogen and oxygen atoms in total. The third kappa shape index (κ3) is 3.59. The van der Waals surface area contributed by atoms with Crippen molar-refractivity contribution < 1.29 is 5.11 Å². The number of benzene rings is 1. The van der Waals surface area contributed by atoms with Gasteiger partial charge in [0.2, 0.25) is 0 Å². The van der Waals surface area contributed by atoms with E-state index in [1.165, 1.54) is 47.9 Å². The number of nitrogens with zero attached hydrogens (tertiary/aromatic N) is 1. The van der Waals surface area contributed by atoms with Gasteiger partial charge in [0.25, 0.3) is 0 Å². The molecule has 5 rings (SSSR count). The fraction of sp³-hybridized carbons (Fsp3) is 0.409. The van der Waals surface area contributed by atoms with E-state index >= 15 is 0 Å². The molecule has 0 amide bonds. The van der Waals surface area contributed by atoms with E-state index < -0.39 is 0 Å². The minimum absolute atomic E-state index is 0.0200. The van der Waals surface area contributed by atoms with E-state index in [1.807, 2.05) is 6.20 Å². The van der Waals surface area contributed by atoms with E-state index in [4.69, 9.17) is 0 Å². The van der Waals surface area contributed by atoms with Crippen molar-refractivity contribution in [3.05, 3.63) is 53.5 Å². The Labute approximate surface area is 169 Å². The summed E-state index contributed by atoms with van der Waals surface area (Å²) in [6.07, 6.45) is 10.1. The van der Waals surface area contributed by atoms with Crippen LogP contribution in [0.1, 0.15) is 42.5 Å². The number of fused-ring (bicyclic) bond motifs is 1. The Morgan fingerprint density at radius 2 is 2.07 bits per heavy atom. The largest absolute Gasteiger partial charge is 0.394 e. The van der Waals surface area contributed by atoms with Gasteiger partial charge in [0.15, 0.2) is 0 Å². The van der Waals surface area contributed by atoms with Gasteiger partial charge in [-0.05, 0) is 54.7 Å². The Morgan fingerprint density at radius 1 is 1.18 bits per heavy atom. The molecule has 3 heterocycles. The average Bonchev–Trinajstić information content (AvgIpc) is 3.48. The van der Waals surface area contributed by atoms with Gasteiger partial charge in [0.05, 0.1) is 29.5 Å². The van der Waals surface area contributed by atoms with Crippen molar-refractivity contribution in [2.75, 3.05) is 17.7 Å². The lowest BCUT2D eigenvalue weighted by Crippen LogP contribution is -2.15. The van der Waals surface area contributed by atoms with Crippen molar-refractivity contribution in [2.24, 2.45) is 4.99 Å². The standard InChI is InChI=1S/C22H26N4OS/c27-12-18-13-28-22(25-18)20-10-16-8-15(7-14-5-6-23-11-14)9-19(21(16)26-20)24-17-3-1-2-4-17/h5-6,8-11,17-18,23-24,26-27H,1-4,7,12-13H2/t18-/m1/s1. The van der Waals surface area contributed by atoms with Crippen LogP contribution in [0, 0.1) is 0 Å². The zero-order valence-corrected chi connectivity index (χ0v) is 16.7. The van der Waals surface area contributed by atoms with Gasteiger partial charge >= 0.3 is 0 Å². The van der Waals surface area contributed by atoms with Gasteiger partial charge in [0, 0.05) is 29.6 Å². The van der Waals surface area contributed by atoms with Gasteiger partial charge in [-0.25, -0.2) is 0 Å². The zero-order valence-electron chi connectivity index (χ0n) is 15.9. The first kappa shape index (κ1) is 17.9. The molecule has 28 heavy (non-hydrogen) atoms. The van der Waals surface area contributed by atoms with Crippen LogP contribution < -0.4 is 5.32 Å². The Kier molecular flexibility index (Phi) is 4.91. The fourth-order valence-corrected chi connectivity index (χ4v) is 5.31. The lowest BCUT2D eigenvalue weighted by Gasteiger charge is -2.16. The molecule has 0 spiro atoms. The SMILES string of the molecule is OC[C@@H]1CSC(c2cc3cc(Cc4cc[nH]c4)cc(NC4CCCC4)c3[nH]2)=N1. The number of aliphatic imine (C=N–C) groups is 1. The molecule has 0 radical (unpaired) electrons. The molecule has 1 fully saturated rings. The Hall–Kier alpha value is -2.18. The molecule has 2 aromatic heterocycles. The number of anilines is 1. The number of aromatic amines is 2. The summed E-state index contributed by atoms with van der Waals surface area (Å²) in [6, 6.07) is 9.51. The number of aromatic nitrogens is 2. The van der Waals surface area contributed by atoms with Crippen LogP contribution in [0.2, 0.25) is 0 Å². The number of hydrogen-bond acceptors (Lipinski definition) is 4. The minimum Gasteiger partial charge on any atom is -0.394 e. The highest BCUT2D eigenvalue weighted by molar-refractivity contribution is 8.14. The number of rotatable bonds is 6. The van der Waals surface area contributed by atoms with Crippen LogP contribution in [0.25, 0.3) is 10.9 Å². The number of thioether (sulfide) groups is 1. The molecule has 146 valence electrons. The number of hydrogen-bond donors (Lipinski definition) is 4. The maximum Gasteiger partial charge on any atom is 0.115 e. The van der Waals surface area contributed by atoms with E-state index in [0.717, 1.165) is 28.4 Å². The van der Waals surface area contributed by atoms with Gasteiger partial charge in [-0.15, -0.1) is 11.8 Å². The van der Waals surface area contributed by atoms with E-state index in [2.05, 4.69) is 50.7 Å². The highest BCUT2D eigenvalue weighted by Gasteiger charge is 2.22. The van der Waals surface area contributed by atoms with Crippen LogP contribution in [0.5, 0.6) is 0 Å². The molecular formula is C22H26N4OS. The van der Waals surface area contributed by atoms with Gasteiger partial charge in [-0.1, -0.05) is 12.8 Å². The van der Waals surface area contributed by atoms with Gasteiger partial charge in [-0.2, -0.15) is 0 Å². The summed E-state index contributed by atoms with van der Waals surface area (Å²) >= 11 is 1.72. The maximum atomic E-state index is 9.39. The van der Waals surface area contributed by atoms with E-state index in [-0.39, 0.29) is 12.6 Å². The summed E-state index contributed by atoms with van der Waals surface area (Å²) in [5, 5.41) is 15.4. The van der Waals surface area contributed by atoms with Crippen LogP contribution in [0.15, 0.2) is 41.7 Å².